The summed E-state index contributed by atoms with van der Waals surface area (Å²) in [6.45, 7) is 0. The second-order valence-corrected chi connectivity index (χ2v) is 4.84. The summed E-state index contributed by atoms with van der Waals surface area (Å²) < 4.78 is 1.67. The van der Waals surface area contributed by atoms with Gasteiger partial charge in [-0.05, 0) is 18.8 Å². The van der Waals surface area contributed by atoms with Gasteiger partial charge in [-0.1, -0.05) is 12.8 Å². The normalized spacial score (nSPS) is 23.2. The van der Waals surface area contributed by atoms with E-state index in [0.717, 1.165) is 12.8 Å². The van der Waals surface area contributed by atoms with E-state index in [9.17, 15) is 4.79 Å². The Bertz CT molecular complexity index is 393. The topological polar surface area (TPSA) is 72.9 Å². The molecule has 3 N–H and O–H groups in total. The van der Waals surface area contributed by atoms with Crippen molar-refractivity contribution in [3.05, 3.63) is 12.3 Å². The predicted octanol–water partition coefficient (Wildman–Crippen LogP) is 1.69. The molecule has 1 fully saturated rings. The van der Waals surface area contributed by atoms with E-state index in [1.165, 1.54) is 12.8 Å². The maximum absolute atomic E-state index is 11.8. The molecule has 102 valence electrons. The third-order valence-electron chi connectivity index (χ3n) is 3.40. The van der Waals surface area contributed by atoms with E-state index in [1.54, 1.807) is 10.7 Å². The molecule has 0 bridgehead atoms. The molecule has 18 heavy (non-hydrogen) atoms. The molecule has 6 heteroatoms. The molecule has 1 aliphatic rings. The molecule has 2 rings (SSSR count). The Morgan fingerprint density at radius 2 is 2.28 bits per heavy atom. The van der Waals surface area contributed by atoms with Crippen LogP contribution in [0.5, 0.6) is 0 Å². The first-order chi connectivity index (χ1) is 8.15. The van der Waals surface area contributed by atoms with Crippen LogP contribution in [0.15, 0.2) is 12.3 Å². The fraction of sp³-hybridized carbons (Fsp3) is 0.667. The minimum absolute atomic E-state index is 0. The third kappa shape index (κ3) is 3.99. The number of aryl methyl sites for hydroxylation is 1. The van der Waals surface area contributed by atoms with Gasteiger partial charge in [0.05, 0.1) is 0 Å². The molecule has 1 saturated carbocycles. The van der Waals surface area contributed by atoms with Crippen molar-refractivity contribution in [2.24, 2.45) is 18.7 Å². The van der Waals surface area contributed by atoms with Crippen LogP contribution in [0.25, 0.3) is 0 Å². The summed E-state index contributed by atoms with van der Waals surface area (Å²) in [5.74, 6) is 0.959. The zero-order valence-electron chi connectivity index (χ0n) is 10.6. The van der Waals surface area contributed by atoms with Crippen LogP contribution in [0.2, 0.25) is 0 Å². The number of carbonyl (C=O) groups excluding carboxylic acids is 1. The number of aromatic nitrogens is 2. The number of carbonyl (C=O) groups is 1. The monoisotopic (exact) mass is 272 g/mol. The highest BCUT2D eigenvalue weighted by Crippen LogP contribution is 2.25. The molecule has 1 aromatic rings. The van der Waals surface area contributed by atoms with Gasteiger partial charge in [0.2, 0.25) is 5.91 Å². The van der Waals surface area contributed by atoms with Crippen LogP contribution in [0, 0.1) is 5.92 Å². The Balaban J connectivity index is 0.00000162. The summed E-state index contributed by atoms with van der Waals surface area (Å²) in [4.78, 5) is 11.8. The highest BCUT2D eigenvalue weighted by Gasteiger charge is 2.24. The zero-order valence-corrected chi connectivity index (χ0v) is 11.4. The minimum atomic E-state index is 0. The van der Waals surface area contributed by atoms with Crippen molar-refractivity contribution in [1.82, 2.24) is 9.78 Å². The van der Waals surface area contributed by atoms with E-state index in [-0.39, 0.29) is 24.4 Å². The van der Waals surface area contributed by atoms with Crippen molar-refractivity contribution in [1.29, 1.82) is 0 Å². The number of hydrogen-bond acceptors (Lipinski definition) is 3. The Labute approximate surface area is 114 Å². The standard InChI is InChI=1S/C12H20N4O.ClH/c1-16-7-6-11(15-16)14-12(17)8-9-4-2-3-5-10(9)13;/h6-7,9-10H,2-5,8,13H2,1H3,(H,14,15,17);1H. The second-order valence-electron chi connectivity index (χ2n) is 4.84. The Morgan fingerprint density at radius 3 is 2.89 bits per heavy atom. The van der Waals surface area contributed by atoms with Crippen molar-refractivity contribution < 1.29 is 4.79 Å². The summed E-state index contributed by atoms with van der Waals surface area (Å²) >= 11 is 0. The lowest BCUT2D eigenvalue weighted by atomic mass is 9.83. The van der Waals surface area contributed by atoms with Gasteiger partial charge in [0.15, 0.2) is 5.82 Å². The number of nitrogens with zero attached hydrogens (tertiary/aromatic N) is 2. The van der Waals surface area contributed by atoms with Crippen molar-refractivity contribution in [3.63, 3.8) is 0 Å². The van der Waals surface area contributed by atoms with Crippen molar-refractivity contribution in [3.8, 4) is 0 Å². The molecule has 5 nitrogen and oxygen atoms in total. The molecular formula is C12H21ClN4O. The van der Waals surface area contributed by atoms with Crippen LogP contribution in [-0.2, 0) is 11.8 Å². The Morgan fingerprint density at radius 1 is 1.56 bits per heavy atom. The SMILES string of the molecule is Cl.Cn1ccc(NC(=O)CC2CCCCC2N)n1. The summed E-state index contributed by atoms with van der Waals surface area (Å²) in [7, 11) is 1.83. The van der Waals surface area contributed by atoms with Crippen molar-refractivity contribution in [2.45, 2.75) is 38.1 Å². The van der Waals surface area contributed by atoms with Gasteiger partial charge >= 0.3 is 0 Å². The van der Waals surface area contributed by atoms with E-state index < -0.39 is 0 Å². The molecular weight excluding hydrogens is 252 g/mol. The van der Waals surface area contributed by atoms with Crippen LogP contribution in [0.3, 0.4) is 0 Å². The molecule has 1 aliphatic carbocycles. The van der Waals surface area contributed by atoms with Crippen molar-refractivity contribution >= 4 is 24.1 Å². The summed E-state index contributed by atoms with van der Waals surface area (Å²) in [5, 5.41) is 6.92. The second kappa shape index (κ2) is 6.75. The lowest BCUT2D eigenvalue weighted by molar-refractivity contribution is -0.117. The van der Waals surface area contributed by atoms with Gasteiger partial charge < -0.3 is 11.1 Å². The van der Waals surface area contributed by atoms with Crippen LogP contribution in [0.4, 0.5) is 5.82 Å². The third-order valence-corrected chi connectivity index (χ3v) is 3.40. The van der Waals surface area contributed by atoms with Crippen LogP contribution >= 0.6 is 12.4 Å². The fourth-order valence-corrected chi connectivity index (χ4v) is 2.40. The highest BCUT2D eigenvalue weighted by atomic mass is 35.5. The predicted molar refractivity (Wildman–Crippen MR) is 73.6 cm³/mol. The number of halogens is 1. The largest absolute Gasteiger partial charge is 0.327 e. The summed E-state index contributed by atoms with van der Waals surface area (Å²) in [6, 6.07) is 1.97. The molecule has 0 aromatic carbocycles. The van der Waals surface area contributed by atoms with E-state index >= 15 is 0 Å². The molecule has 0 radical (unpaired) electrons. The van der Waals surface area contributed by atoms with Crippen LogP contribution in [0.1, 0.15) is 32.1 Å². The first-order valence-corrected chi connectivity index (χ1v) is 6.20. The van der Waals surface area contributed by atoms with Gasteiger partial charge in [-0.2, -0.15) is 5.10 Å². The maximum Gasteiger partial charge on any atom is 0.225 e. The molecule has 1 heterocycles. The Kier molecular flexibility index (Phi) is 5.62. The van der Waals surface area contributed by atoms with E-state index in [1.807, 2.05) is 13.2 Å². The minimum Gasteiger partial charge on any atom is -0.327 e. The zero-order chi connectivity index (χ0) is 12.3. The van der Waals surface area contributed by atoms with Crippen LogP contribution < -0.4 is 11.1 Å². The molecule has 2 unspecified atom stereocenters. The highest BCUT2D eigenvalue weighted by molar-refractivity contribution is 5.89. The van der Waals surface area contributed by atoms with E-state index in [0.29, 0.717) is 18.2 Å². The summed E-state index contributed by atoms with van der Waals surface area (Å²) in [6.07, 6.45) is 6.81. The summed E-state index contributed by atoms with van der Waals surface area (Å²) in [5.41, 5.74) is 6.03. The molecule has 1 aromatic heterocycles. The molecule has 2 atom stereocenters. The molecule has 0 spiro atoms. The number of nitrogens with two attached hydrogens (primary N) is 1. The smallest absolute Gasteiger partial charge is 0.225 e. The molecule has 0 saturated heterocycles. The maximum atomic E-state index is 11.8. The fourth-order valence-electron chi connectivity index (χ4n) is 2.40. The quantitative estimate of drug-likeness (QED) is 0.879. The first-order valence-electron chi connectivity index (χ1n) is 6.20. The average Bonchev–Trinajstić information content (AvgIpc) is 2.67. The van der Waals surface area contributed by atoms with Gasteiger partial charge in [-0.25, -0.2) is 0 Å². The van der Waals surface area contributed by atoms with E-state index in [2.05, 4.69) is 10.4 Å². The molecule has 0 aliphatic heterocycles. The number of nitrogens with one attached hydrogen (secondary N) is 1. The van der Waals surface area contributed by atoms with Crippen molar-refractivity contribution in [2.75, 3.05) is 5.32 Å². The lowest BCUT2D eigenvalue weighted by Gasteiger charge is -2.27. The average molecular weight is 273 g/mol. The first kappa shape index (κ1) is 15.0. The van der Waals surface area contributed by atoms with Gasteiger partial charge in [-0.3, -0.25) is 9.48 Å². The molecule has 1 amide bonds. The number of hydrogen-bond donors (Lipinski definition) is 2. The van der Waals surface area contributed by atoms with Gasteiger partial charge in [-0.15, -0.1) is 12.4 Å². The van der Waals surface area contributed by atoms with E-state index in [4.69, 9.17) is 5.73 Å². The van der Waals surface area contributed by atoms with Crippen LogP contribution in [-0.4, -0.2) is 21.7 Å². The number of anilines is 1. The van der Waals surface area contributed by atoms with Gasteiger partial charge in [0, 0.05) is 31.8 Å². The lowest BCUT2D eigenvalue weighted by Crippen LogP contribution is -2.35. The Hall–Kier alpha value is -1.07. The number of rotatable bonds is 3. The number of amides is 1. The van der Waals surface area contributed by atoms with Gasteiger partial charge in [0.25, 0.3) is 0 Å². The van der Waals surface area contributed by atoms with Gasteiger partial charge in [0.1, 0.15) is 0 Å².